The van der Waals surface area contributed by atoms with Crippen LogP contribution < -0.4 is 5.32 Å². The molecule has 0 radical (unpaired) electrons. The fraction of sp³-hybridized carbons (Fsp3) is 0.316. The van der Waals surface area contributed by atoms with Crippen molar-refractivity contribution in [3.8, 4) is 11.5 Å². The number of hydrogen-bond acceptors (Lipinski definition) is 4. The van der Waals surface area contributed by atoms with E-state index in [0.29, 0.717) is 0 Å². The Balaban J connectivity index is 0.00000120. The van der Waals surface area contributed by atoms with Gasteiger partial charge in [0.25, 0.3) is 0 Å². The van der Waals surface area contributed by atoms with Gasteiger partial charge in [-0.3, -0.25) is 4.68 Å². The minimum Gasteiger partial charge on any atom is -0.342 e. The quantitative estimate of drug-likeness (QED) is 0.501. The lowest BCUT2D eigenvalue weighted by Gasteiger charge is -2.13. The number of nitrogens with one attached hydrogen (secondary N) is 2. The Morgan fingerprint density at radius 2 is 2.07 bits per heavy atom. The van der Waals surface area contributed by atoms with Crippen LogP contribution in [0.2, 0.25) is 0 Å². The molecule has 7 nitrogen and oxygen atoms in total. The topological polar surface area (TPSA) is 76.3 Å². The molecule has 0 bridgehead atoms. The van der Waals surface area contributed by atoms with Crippen LogP contribution in [0.25, 0.3) is 22.6 Å². The number of aryl methyl sites for hydroxylation is 2. The van der Waals surface area contributed by atoms with E-state index in [2.05, 4.69) is 35.6 Å². The zero-order valence-electron chi connectivity index (χ0n) is 15.6. The van der Waals surface area contributed by atoms with E-state index < -0.39 is 0 Å². The van der Waals surface area contributed by atoms with Gasteiger partial charge in [0.1, 0.15) is 17.3 Å². The van der Waals surface area contributed by atoms with Crippen LogP contribution >= 0.6 is 24.8 Å². The third-order valence-electron chi connectivity index (χ3n) is 4.92. The normalized spacial score (nSPS) is 13.0. The molecule has 5 rings (SSSR count). The predicted octanol–water partition coefficient (Wildman–Crippen LogP) is 3.34. The molecule has 0 saturated heterocycles. The van der Waals surface area contributed by atoms with Crippen molar-refractivity contribution in [3.05, 3.63) is 54.0 Å². The molecule has 1 aliphatic heterocycles. The van der Waals surface area contributed by atoms with E-state index in [1.807, 2.05) is 12.4 Å². The van der Waals surface area contributed by atoms with Crippen LogP contribution in [0, 0.1) is 5.82 Å². The molecule has 3 aromatic heterocycles. The number of fused-ring (bicyclic) bond motifs is 2. The van der Waals surface area contributed by atoms with E-state index in [1.165, 1.54) is 17.8 Å². The summed E-state index contributed by atoms with van der Waals surface area (Å²) in [7, 11) is 0. The Hall–Kier alpha value is -2.42. The Morgan fingerprint density at radius 3 is 2.93 bits per heavy atom. The molecule has 154 valence electrons. The maximum Gasteiger partial charge on any atom is 0.160 e. The van der Waals surface area contributed by atoms with Gasteiger partial charge in [0.2, 0.25) is 0 Å². The van der Waals surface area contributed by atoms with Crippen molar-refractivity contribution < 1.29 is 4.39 Å². The van der Waals surface area contributed by atoms with E-state index in [0.717, 1.165) is 67.4 Å². The first-order valence-corrected chi connectivity index (χ1v) is 9.19. The van der Waals surface area contributed by atoms with Gasteiger partial charge >= 0.3 is 0 Å². The highest BCUT2D eigenvalue weighted by Crippen LogP contribution is 2.20. The van der Waals surface area contributed by atoms with Crippen molar-refractivity contribution in [2.45, 2.75) is 32.5 Å². The smallest absolute Gasteiger partial charge is 0.160 e. The van der Waals surface area contributed by atoms with Crippen LogP contribution in [0.5, 0.6) is 0 Å². The highest BCUT2D eigenvalue weighted by molar-refractivity contribution is 5.85. The van der Waals surface area contributed by atoms with Crippen LogP contribution in [0.15, 0.2) is 36.7 Å². The zero-order chi connectivity index (χ0) is 18.2. The Labute approximate surface area is 179 Å². The van der Waals surface area contributed by atoms with Crippen molar-refractivity contribution in [1.82, 2.24) is 34.6 Å². The molecular weight excluding hydrogens is 416 g/mol. The first kappa shape index (κ1) is 21.3. The molecule has 2 N–H and O–H groups in total. The molecule has 0 amide bonds. The number of benzene rings is 1. The van der Waals surface area contributed by atoms with Crippen LogP contribution in [0.4, 0.5) is 4.39 Å². The molecular formula is C19H22Cl2FN7. The molecule has 1 aliphatic rings. The molecule has 1 aromatic carbocycles. The van der Waals surface area contributed by atoms with Gasteiger partial charge in [-0.2, -0.15) is 5.10 Å². The largest absolute Gasteiger partial charge is 0.342 e. The second kappa shape index (κ2) is 8.94. The van der Waals surface area contributed by atoms with Crippen molar-refractivity contribution in [3.63, 3.8) is 0 Å². The van der Waals surface area contributed by atoms with E-state index in [4.69, 9.17) is 5.10 Å². The van der Waals surface area contributed by atoms with Gasteiger partial charge < -0.3 is 14.9 Å². The average molecular weight is 438 g/mol. The van der Waals surface area contributed by atoms with Gasteiger partial charge in [-0.05, 0) is 30.7 Å². The molecule has 0 fully saturated rings. The Bertz CT molecular complexity index is 1080. The SMILES string of the molecule is Cl.Cl.Fc1ccc2nc(CCCn3ccnc3-c3cc4n(n3)CCNC4)[nH]c2c1. The number of nitrogens with zero attached hydrogens (tertiary/aromatic N) is 5. The second-order valence-corrected chi connectivity index (χ2v) is 6.81. The van der Waals surface area contributed by atoms with Crippen LogP contribution in [0.1, 0.15) is 17.9 Å². The van der Waals surface area contributed by atoms with Gasteiger partial charge in [-0.1, -0.05) is 0 Å². The summed E-state index contributed by atoms with van der Waals surface area (Å²) in [5, 5.41) is 8.06. The number of hydrogen-bond donors (Lipinski definition) is 2. The molecule has 10 heteroatoms. The number of halogens is 3. The number of rotatable bonds is 5. The van der Waals surface area contributed by atoms with E-state index in [-0.39, 0.29) is 30.6 Å². The van der Waals surface area contributed by atoms with Gasteiger partial charge in [0.15, 0.2) is 5.82 Å². The van der Waals surface area contributed by atoms with Crippen LogP contribution in [0.3, 0.4) is 0 Å². The third-order valence-corrected chi connectivity index (χ3v) is 4.92. The number of H-pyrrole nitrogens is 1. The van der Waals surface area contributed by atoms with Gasteiger partial charge in [0.05, 0.1) is 23.3 Å². The molecule has 0 atom stereocenters. The summed E-state index contributed by atoms with van der Waals surface area (Å²) < 4.78 is 17.5. The number of imidazole rings is 2. The zero-order valence-corrected chi connectivity index (χ0v) is 17.3. The maximum absolute atomic E-state index is 13.3. The summed E-state index contributed by atoms with van der Waals surface area (Å²) in [5.41, 5.74) is 3.65. The summed E-state index contributed by atoms with van der Waals surface area (Å²) >= 11 is 0. The van der Waals surface area contributed by atoms with Crippen molar-refractivity contribution in [2.75, 3.05) is 6.54 Å². The monoisotopic (exact) mass is 437 g/mol. The fourth-order valence-electron chi connectivity index (χ4n) is 3.59. The molecule has 0 aliphatic carbocycles. The highest BCUT2D eigenvalue weighted by atomic mass is 35.5. The van der Waals surface area contributed by atoms with Gasteiger partial charge in [-0.25, -0.2) is 14.4 Å². The molecule has 0 saturated carbocycles. The molecule has 4 aromatic rings. The lowest BCUT2D eigenvalue weighted by Crippen LogP contribution is -2.28. The van der Waals surface area contributed by atoms with E-state index >= 15 is 0 Å². The summed E-state index contributed by atoms with van der Waals surface area (Å²) in [5.74, 6) is 1.52. The van der Waals surface area contributed by atoms with E-state index in [9.17, 15) is 4.39 Å². The average Bonchev–Trinajstić information content (AvgIpc) is 3.38. The standard InChI is InChI=1S/C19H20FN7.2ClH/c20-13-3-4-15-16(10-13)24-18(23-15)2-1-7-26-8-6-22-19(26)17-11-14-12-21-5-9-27(14)25-17;;/h3-4,6,8,10-11,21H,1-2,5,7,9,12H2,(H,23,24);2*1H. The van der Waals surface area contributed by atoms with Crippen molar-refractivity contribution in [2.24, 2.45) is 0 Å². The van der Waals surface area contributed by atoms with Crippen molar-refractivity contribution >= 4 is 35.8 Å². The predicted molar refractivity (Wildman–Crippen MR) is 114 cm³/mol. The summed E-state index contributed by atoms with van der Waals surface area (Å²) in [4.78, 5) is 12.2. The highest BCUT2D eigenvalue weighted by Gasteiger charge is 2.16. The minimum atomic E-state index is -0.251. The van der Waals surface area contributed by atoms with Crippen LogP contribution in [-0.4, -0.2) is 35.8 Å². The molecule has 29 heavy (non-hydrogen) atoms. The molecule has 0 unspecified atom stereocenters. The van der Waals surface area contributed by atoms with Gasteiger partial charge in [-0.15, -0.1) is 24.8 Å². The van der Waals surface area contributed by atoms with Crippen LogP contribution in [-0.2, 0) is 26.1 Å². The first-order chi connectivity index (χ1) is 13.3. The first-order valence-electron chi connectivity index (χ1n) is 9.19. The fourth-order valence-corrected chi connectivity index (χ4v) is 3.59. The molecule has 0 spiro atoms. The van der Waals surface area contributed by atoms with Gasteiger partial charge in [0, 0.05) is 38.4 Å². The summed E-state index contributed by atoms with van der Waals surface area (Å²) in [6, 6.07) is 6.73. The lowest BCUT2D eigenvalue weighted by molar-refractivity contribution is 0.476. The lowest BCUT2D eigenvalue weighted by atomic mass is 10.3. The van der Waals surface area contributed by atoms with Crippen molar-refractivity contribution in [1.29, 1.82) is 0 Å². The second-order valence-electron chi connectivity index (χ2n) is 6.81. The summed E-state index contributed by atoms with van der Waals surface area (Å²) in [6.07, 6.45) is 5.49. The maximum atomic E-state index is 13.3. The Kier molecular flexibility index (Phi) is 6.56. The summed E-state index contributed by atoms with van der Waals surface area (Å²) in [6.45, 7) is 3.51. The molecule has 4 heterocycles. The van der Waals surface area contributed by atoms with E-state index in [1.54, 1.807) is 6.07 Å². The number of aromatic nitrogens is 6. The minimum absolute atomic E-state index is 0. The third kappa shape index (κ3) is 4.29. The Morgan fingerprint density at radius 1 is 1.17 bits per heavy atom. The number of aromatic amines is 1.